The second-order valence-corrected chi connectivity index (χ2v) is 7.08. The molecule has 2 heterocycles. The predicted molar refractivity (Wildman–Crippen MR) is 114 cm³/mol. The van der Waals surface area contributed by atoms with E-state index in [1.165, 1.54) is 12.1 Å². The van der Waals surface area contributed by atoms with Gasteiger partial charge in [-0.05, 0) is 43.7 Å². The Morgan fingerprint density at radius 1 is 1.13 bits per heavy atom. The highest BCUT2D eigenvalue weighted by atomic mass is 19.1. The van der Waals surface area contributed by atoms with Crippen LogP contribution in [0.15, 0.2) is 67.0 Å². The lowest BCUT2D eigenvalue weighted by Crippen LogP contribution is -2.16. The third-order valence-electron chi connectivity index (χ3n) is 4.74. The third-order valence-corrected chi connectivity index (χ3v) is 4.74. The standard InChI is InChI=1S/C23H22FN5O/c1-3-13-28-21(11-12-25-28)26-23(30)20-15-29(19-9-7-18(24)8-10-19)27-22(20)17-6-4-5-16(2)14-17/h4-12,14-15H,3,13H2,1-2H3,(H,26,30). The monoisotopic (exact) mass is 403 g/mol. The van der Waals surface area contributed by atoms with Crippen molar-refractivity contribution in [3.05, 3.63) is 83.9 Å². The zero-order valence-corrected chi connectivity index (χ0v) is 16.8. The van der Waals surface area contributed by atoms with Crippen LogP contribution in [0.5, 0.6) is 0 Å². The minimum absolute atomic E-state index is 0.280. The third kappa shape index (κ3) is 4.00. The van der Waals surface area contributed by atoms with Gasteiger partial charge in [-0.2, -0.15) is 10.2 Å². The number of nitrogens with zero attached hydrogens (tertiary/aromatic N) is 4. The first-order valence-electron chi connectivity index (χ1n) is 9.81. The summed E-state index contributed by atoms with van der Waals surface area (Å²) < 4.78 is 16.7. The highest BCUT2D eigenvalue weighted by molar-refractivity contribution is 6.07. The maximum absolute atomic E-state index is 13.3. The van der Waals surface area contributed by atoms with Crippen LogP contribution in [-0.4, -0.2) is 25.5 Å². The van der Waals surface area contributed by atoms with Gasteiger partial charge in [-0.25, -0.2) is 13.8 Å². The summed E-state index contributed by atoms with van der Waals surface area (Å²) >= 11 is 0. The van der Waals surface area contributed by atoms with E-state index in [0.29, 0.717) is 29.3 Å². The first-order valence-corrected chi connectivity index (χ1v) is 9.81. The van der Waals surface area contributed by atoms with Gasteiger partial charge in [0.2, 0.25) is 0 Å². The van der Waals surface area contributed by atoms with E-state index in [1.54, 1.807) is 40.0 Å². The number of hydrogen-bond acceptors (Lipinski definition) is 3. The van der Waals surface area contributed by atoms with Crippen LogP contribution in [0.3, 0.4) is 0 Å². The van der Waals surface area contributed by atoms with Crippen LogP contribution < -0.4 is 5.32 Å². The van der Waals surface area contributed by atoms with Crippen molar-refractivity contribution in [2.75, 3.05) is 5.32 Å². The lowest BCUT2D eigenvalue weighted by Gasteiger charge is -2.08. The molecule has 0 unspecified atom stereocenters. The van der Waals surface area contributed by atoms with E-state index < -0.39 is 0 Å². The zero-order chi connectivity index (χ0) is 21.1. The van der Waals surface area contributed by atoms with E-state index in [9.17, 15) is 9.18 Å². The molecule has 0 atom stereocenters. The predicted octanol–water partition coefficient (Wildman–Crippen LogP) is 4.85. The lowest BCUT2D eigenvalue weighted by molar-refractivity contribution is 0.102. The molecule has 6 nitrogen and oxygen atoms in total. The highest BCUT2D eigenvalue weighted by Gasteiger charge is 2.20. The van der Waals surface area contributed by atoms with Crippen LogP contribution in [-0.2, 0) is 6.54 Å². The first-order chi connectivity index (χ1) is 14.5. The quantitative estimate of drug-likeness (QED) is 0.501. The number of amides is 1. The molecule has 1 amide bonds. The van der Waals surface area contributed by atoms with E-state index in [1.807, 2.05) is 31.2 Å². The fraction of sp³-hybridized carbons (Fsp3) is 0.174. The average molecular weight is 403 g/mol. The molecule has 0 spiro atoms. The van der Waals surface area contributed by atoms with Gasteiger partial charge in [-0.1, -0.05) is 30.7 Å². The molecule has 0 aliphatic rings. The van der Waals surface area contributed by atoms with Gasteiger partial charge in [-0.3, -0.25) is 4.79 Å². The first kappa shape index (κ1) is 19.6. The summed E-state index contributed by atoms with van der Waals surface area (Å²) in [5.41, 5.74) is 3.55. The lowest BCUT2D eigenvalue weighted by atomic mass is 10.1. The van der Waals surface area contributed by atoms with E-state index in [-0.39, 0.29) is 11.7 Å². The van der Waals surface area contributed by atoms with Crippen molar-refractivity contribution in [1.82, 2.24) is 19.6 Å². The molecule has 30 heavy (non-hydrogen) atoms. The molecule has 0 saturated carbocycles. The molecule has 2 aromatic heterocycles. The van der Waals surface area contributed by atoms with E-state index in [0.717, 1.165) is 17.5 Å². The van der Waals surface area contributed by atoms with Crippen molar-refractivity contribution in [3.63, 3.8) is 0 Å². The number of carbonyl (C=O) groups is 1. The number of halogens is 1. The van der Waals surface area contributed by atoms with Crippen molar-refractivity contribution in [2.45, 2.75) is 26.8 Å². The minimum atomic E-state index is -0.327. The molecule has 0 bridgehead atoms. The summed E-state index contributed by atoms with van der Waals surface area (Å²) in [5, 5.41) is 11.8. The molecule has 0 radical (unpaired) electrons. The largest absolute Gasteiger partial charge is 0.307 e. The Labute approximate surface area is 174 Å². The molecule has 0 aliphatic carbocycles. The average Bonchev–Trinajstić information content (AvgIpc) is 3.36. The number of benzene rings is 2. The number of aryl methyl sites for hydroxylation is 2. The van der Waals surface area contributed by atoms with Crippen molar-refractivity contribution >= 4 is 11.7 Å². The maximum atomic E-state index is 13.3. The summed E-state index contributed by atoms with van der Waals surface area (Å²) in [6, 6.07) is 15.6. The zero-order valence-electron chi connectivity index (χ0n) is 16.8. The summed E-state index contributed by atoms with van der Waals surface area (Å²) in [4.78, 5) is 13.2. The maximum Gasteiger partial charge on any atom is 0.260 e. The Balaban J connectivity index is 1.75. The van der Waals surface area contributed by atoms with Gasteiger partial charge in [0, 0.05) is 24.4 Å². The molecule has 7 heteroatoms. The van der Waals surface area contributed by atoms with Crippen molar-refractivity contribution in [3.8, 4) is 16.9 Å². The summed E-state index contributed by atoms with van der Waals surface area (Å²) in [5.74, 6) is 0.0243. The number of carbonyl (C=O) groups excluding carboxylic acids is 1. The molecule has 0 saturated heterocycles. The van der Waals surface area contributed by atoms with Crippen molar-refractivity contribution in [1.29, 1.82) is 0 Å². The van der Waals surface area contributed by atoms with Gasteiger partial charge in [-0.15, -0.1) is 0 Å². The Morgan fingerprint density at radius 3 is 2.67 bits per heavy atom. The van der Waals surface area contributed by atoms with E-state index >= 15 is 0 Å². The highest BCUT2D eigenvalue weighted by Crippen LogP contribution is 2.25. The molecular weight excluding hydrogens is 381 g/mol. The van der Waals surface area contributed by atoms with Gasteiger partial charge >= 0.3 is 0 Å². The minimum Gasteiger partial charge on any atom is -0.307 e. The number of nitrogens with one attached hydrogen (secondary N) is 1. The number of anilines is 1. The number of rotatable bonds is 6. The van der Waals surface area contributed by atoms with Crippen LogP contribution >= 0.6 is 0 Å². The van der Waals surface area contributed by atoms with Crippen LogP contribution in [0, 0.1) is 12.7 Å². The SMILES string of the molecule is CCCn1nccc1NC(=O)c1cn(-c2ccc(F)cc2)nc1-c1cccc(C)c1. The van der Waals surface area contributed by atoms with Gasteiger partial charge in [0.05, 0.1) is 17.4 Å². The number of hydrogen-bond donors (Lipinski definition) is 1. The molecule has 4 rings (SSSR count). The Morgan fingerprint density at radius 2 is 1.93 bits per heavy atom. The van der Waals surface area contributed by atoms with Crippen LogP contribution in [0.1, 0.15) is 29.3 Å². The van der Waals surface area contributed by atoms with Gasteiger partial charge in [0.15, 0.2) is 0 Å². The molecule has 152 valence electrons. The Bertz CT molecular complexity index is 1180. The summed E-state index contributed by atoms with van der Waals surface area (Å²) in [6.07, 6.45) is 4.23. The Kier molecular flexibility index (Phi) is 5.43. The van der Waals surface area contributed by atoms with Crippen LogP contribution in [0.2, 0.25) is 0 Å². The molecule has 1 N–H and O–H groups in total. The number of aromatic nitrogens is 4. The molecule has 4 aromatic rings. The summed E-state index contributed by atoms with van der Waals surface area (Å²) in [6.45, 7) is 4.75. The normalized spacial score (nSPS) is 10.9. The second kappa shape index (κ2) is 8.32. The topological polar surface area (TPSA) is 64.7 Å². The fourth-order valence-corrected chi connectivity index (χ4v) is 3.28. The van der Waals surface area contributed by atoms with Gasteiger partial charge < -0.3 is 5.32 Å². The van der Waals surface area contributed by atoms with Crippen LogP contribution in [0.25, 0.3) is 16.9 Å². The fourth-order valence-electron chi connectivity index (χ4n) is 3.28. The van der Waals surface area contributed by atoms with Crippen molar-refractivity contribution < 1.29 is 9.18 Å². The summed E-state index contributed by atoms with van der Waals surface area (Å²) in [7, 11) is 0. The molecular formula is C23H22FN5O. The van der Waals surface area contributed by atoms with Crippen LogP contribution in [0.4, 0.5) is 10.2 Å². The molecule has 2 aromatic carbocycles. The Hall–Kier alpha value is -3.74. The second-order valence-electron chi connectivity index (χ2n) is 7.08. The van der Waals surface area contributed by atoms with E-state index in [4.69, 9.17) is 0 Å². The van der Waals surface area contributed by atoms with Gasteiger partial charge in [0.1, 0.15) is 17.3 Å². The smallest absolute Gasteiger partial charge is 0.260 e. The molecule has 0 fully saturated rings. The molecule has 0 aliphatic heterocycles. The van der Waals surface area contributed by atoms with Gasteiger partial charge in [0.25, 0.3) is 5.91 Å². The van der Waals surface area contributed by atoms with Crippen molar-refractivity contribution in [2.24, 2.45) is 0 Å². The van der Waals surface area contributed by atoms with E-state index in [2.05, 4.69) is 22.4 Å².